The molecule has 0 radical (unpaired) electrons. The number of hydrogen-bond donors (Lipinski definition) is 0. The second-order valence-corrected chi connectivity index (χ2v) is 7.72. The Morgan fingerprint density at radius 2 is 1.89 bits per heavy atom. The molecule has 0 aliphatic carbocycles. The second-order valence-electron chi connectivity index (χ2n) is 7.72. The number of amides is 2. The molecule has 2 saturated heterocycles. The Labute approximate surface area is 165 Å². The Bertz CT molecular complexity index is 837. The molecule has 0 spiro atoms. The minimum atomic E-state index is -0.0762. The van der Waals surface area contributed by atoms with Crippen molar-refractivity contribution >= 4 is 11.8 Å². The minimum Gasteiger partial charge on any atom is -0.333 e. The van der Waals surface area contributed by atoms with Gasteiger partial charge in [0, 0.05) is 25.7 Å². The largest absolute Gasteiger partial charge is 0.333 e. The van der Waals surface area contributed by atoms with Gasteiger partial charge in [-0.1, -0.05) is 36.8 Å². The zero-order chi connectivity index (χ0) is 19.5. The van der Waals surface area contributed by atoms with Gasteiger partial charge in [-0.3, -0.25) is 14.6 Å². The van der Waals surface area contributed by atoms with Crippen molar-refractivity contribution in [3.63, 3.8) is 0 Å². The summed E-state index contributed by atoms with van der Waals surface area (Å²) in [5.74, 6) is 0.121. The zero-order valence-electron chi connectivity index (χ0n) is 16.3. The van der Waals surface area contributed by atoms with Gasteiger partial charge >= 0.3 is 0 Å². The summed E-state index contributed by atoms with van der Waals surface area (Å²) in [5.41, 5.74) is 2.31. The Morgan fingerprint density at radius 1 is 1.07 bits per heavy atom. The van der Waals surface area contributed by atoms with Crippen LogP contribution in [-0.4, -0.2) is 50.2 Å². The molecule has 146 valence electrons. The van der Waals surface area contributed by atoms with Crippen LogP contribution >= 0.6 is 0 Å². The van der Waals surface area contributed by atoms with Crippen LogP contribution in [0.3, 0.4) is 0 Å². The van der Waals surface area contributed by atoms with Gasteiger partial charge in [0.05, 0.1) is 24.0 Å². The fourth-order valence-corrected chi connectivity index (χ4v) is 4.40. The molecule has 0 saturated carbocycles. The van der Waals surface area contributed by atoms with Crippen molar-refractivity contribution in [3.8, 4) is 0 Å². The van der Waals surface area contributed by atoms with Crippen molar-refractivity contribution in [2.24, 2.45) is 0 Å². The van der Waals surface area contributed by atoms with Crippen LogP contribution in [0, 0.1) is 6.92 Å². The lowest BCUT2D eigenvalue weighted by Gasteiger charge is -2.37. The van der Waals surface area contributed by atoms with Gasteiger partial charge in [-0.05, 0) is 31.7 Å². The standard InChI is InChI=1S/C22H26N4O2/c1-16-13-24-18(14-23-16)22(28)25-12-11-20-19(25)9-5-6-10-21(27)26(20)15-17-7-3-2-4-8-17/h2-4,7-8,13-14,19-20H,5-6,9-12,15H2,1H3/t19-,20+/m1/s1. The van der Waals surface area contributed by atoms with E-state index in [9.17, 15) is 9.59 Å². The molecule has 2 aliphatic rings. The second kappa shape index (κ2) is 8.09. The van der Waals surface area contributed by atoms with Gasteiger partial charge in [-0.25, -0.2) is 4.98 Å². The molecule has 1 aromatic carbocycles. The van der Waals surface area contributed by atoms with Gasteiger partial charge in [0.25, 0.3) is 5.91 Å². The Morgan fingerprint density at radius 3 is 2.64 bits per heavy atom. The van der Waals surface area contributed by atoms with E-state index in [0.717, 1.165) is 36.9 Å². The van der Waals surface area contributed by atoms with E-state index in [2.05, 4.69) is 22.1 Å². The number of aryl methyl sites for hydroxylation is 1. The molecule has 0 bridgehead atoms. The van der Waals surface area contributed by atoms with E-state index < -0.39 is 0 Å². The summed E-state index contributed by atoms with van der Waals surface area (Å²) in [6.45, 7) is 3.12. The van der Waals surface area contributed by atoms with Gasteiger partial charge in [-0.15, -0.1) is 0 Å². The van der Waals surface area contributed by atoms with Crippen molar-refractivity contribution in [3.05, 3.63) is 59.7 Å². The molecule has 6 nitrogen and oxygen atoms in total. The van der Waals surface area contributed by atoms with E-state index in [4.69, 9.17) is 0 Å². The third kappa shape index (κ3) is 3.77. The molecule has 2 fully saturated rings. The summed E-state index contributed by atoms with van der Waals surface area (Å²) < 4.78 is 0. The number of benzene rings is 1. The van der Waals surface area contributed by atoms with Crippen LogP contribution in [-0.2, 0) is 11.3 Å². The molecule has 6 heteroatoms. The SMILES string of the molecule is Cc1cnc(C(=O)N2CC[C@H]3[C@H]2CCCCC(=O)N3Cc2ccccc2)cn1. The minimum absolute atomic E-state index is 0.0450. The summed E-state index contributed by atoms with van der Waals surface area (Å²) in [5, 5.41) is 0. The van der Waals surface area contributed by atoms with Crippen molar-refractivity contribution in [1.29, 1.82) is 0 Å². The van der Waals surface area contributed by atoms with E-state index >= 15 is 0 Å². The summed E-state index contributed by atoms with van der Waals surface area (Å²) in [6.07, 6.45) is 7.36. The predicted octanol–water partition coefficient (Wildman–Crippen LogP) is 2.97. The number of aromatic nitrogens is 2. The van der Waals surface area contributed by atoms with Crippen LogP contribution in [0.1, 0.15) is 53.8 Å². The van der Waals surface area contributed by atoms with Crippen LogP contribution in [0.15, 0.2) is 42.7 Å². The molecule has 2 aliphatic heterocycles. The number of fused-ring (bicyclic) bond motifs is 1. The molecule has 3 heterocycles. The number of likely N-dealkylation sites (tertiary alicyclic amines) is 2. The van der Waals surface area contributed by atoms with Crippen molar-refractivity contribution in [1.82, 2.24) is 19.8 Å². The fraction of sp³-hybridized carbons (Fsp3) is 0.455. The summed E-state index contributed by atoms with van der Waals surface area (Å²) in [6, 6.07) is 10.2. The number of hydrogen-bond acceptors (Lipinski definition) is 4. The average Bonchev–Trinajstić information content (AvgIpc) is 3.12. The predicted molar refractivity (Wildman–Crippen MR) is 105 cm³/mol. The van der Waals surface area contributed by atoms with E-state index in [1.54, 1.807) is 12.4 Å². The van der Waals surface area contributed by atoms with E-state index in [0.29, 0.717) is 25.2 Å². The average molecular weight is 378 g/mol. The Kier molecular flexibility index (Phi) is 5.37. The summed E-state index contributed by atoms with van der Waals surface area (Å²) >= 11 is 0. The van der Waals surface area contributed by atoms with Crippen molar-refractivity contribution < 1.29 is 9.59 Å². The lowest BCUT2D eigenvalue weighted by molar-refractivity contribution is -0.135. The summed E-state index contributed by atoms with van der Waals surface area (Å²) in [7, 11) is 0. The molecular formula is C22H26N4O2. The maximum absolute atomic E-state index is 13.1. The highest BCUT2D eigenvalue weighted by Gasteiger charge is 2.42. The maximum atomic E-state index is 13.1. The summed E-state index contributed by atoms with van der Waals surface area (Å²) in [4.78, 5) is 38.4. The van der Waals surface area contributed by atoms with Gasteiger partial charge in [0.15, 0.2) is 0 Å². The molecule has 2 amide bonds. The highest BCUT2D eigenvalue weighted by atomic mass is 16.2. The lowest BCUT2D eigenvalue weighted by atomic mass is 9.96. The molecule has 4 rings (SSSR count). The van der Waals surface area contributed by atoms with Gasteiger partial charge in [0.2, 0.25) is 5.91 Å². The van der Waals surface area contributed by atoms with Gasteiger partial charge in [0.1, 0.15) is 5.69 Å². The molecule has 0 N–H and O–H groups in total. The van der Waals surface area contributed by atoms with E-state index in [1.165, 1.54) is 0 Å². The monoisotopic (exact) mass is 378 g/mol. The van der Waals surface area contributed by atoms with E-state index in [-0.39, 0.29) is 23.9 Å². The first-order valence-corrected chi connectivity index (χ1v) is 10.1. The molecule has 0 unspecified atom stereocenters. The van der Waals surface area contributed by atoms with Gasteiger partial charge < -0.3 is 9.80 Å². The smallest absolute Gasteiger partial charge is 0.274 e. The first-order valence-electron chi connectivity index (χ1n) is 10.1. The number of rotatable bonds is 3. The molecule has 2 atom stereocenters. The Balaban J connectivity index is 1.58. The first-order chi connectivity index (χ1) is 13.6. The van der Waals surface area contributed by atoms with Crippen LogP contribution in [0.25, 0.3) is 0 Å². The Hall–Kier alpha value is -2.76. The van der Waals surface area contributed by atoms with Crippen LogP contribution in [0.2, 0.25) is 0 Å². The van der Waals surface area contributed by atoms with Crippen LogP contribution in [0.4, 0.5) is 0 Å². The number of carbonyl (C=O) groups excluding carboxylic acids is 2. The third-order valence-electron chi connectivity index (χ3n) is 5.83. The highest BCUT2D eigenvalue weighted by Crippen LogP contribution is 2.32. The number of nitrogens with zero attached hydrogens (tertiary/aromatic N) is 4. The molecular weight excluding hydrogens is 352 g/mol. The third-order valence-corrected chi connectivity index (χ3v) is 5.83. The first kappa shape index (κ1) is 18.6. The van der Waals surface area contributed by atoms with Crippen LogP contribution < -0.4 is 0 Å². The maximum Gasteiger partial charge on any atom is 0.274 e. The molecule has 2 aromatic rings. The van der Waals surface area contributed by atoms with E-state index in [1.807, 2.05) is 34.9 Å². The van der Waals surface area contributed by atoms with Gasteiger partial charge in [-0.2, -0.15) is 0 Å². The highest BCUT2D eigenvalue weighted by molar-refractivity contribution is 5.92. The lowest BCUT2D eigenvalue weighted by Crippen LogP contribution is -2.49. The number of carbonyl (C=O) groups is 2. The van der Waals surface area contributed by atoms with Crippen molar-refractivity contribution in [2.75, 3.05) is 6.54 Å². The van der Waals surface area contributed by atoms with Crippen LogP contribution in [0.5, 0.6) is 0 Å². The fourth-order valence-electron chi connectivity index (χ4n) is 4.40. The molecule has 1 aromatic heterocycles. The molecule has 28 heavy (non-hydrogen) atoms. The quantitative estimate of drug-likeness (QED) is 0.824. The normalized spacial score (nSPS) is 22.5. The zero-order valence-corrected chi connectivity index (χ0v) is 16.3. The van der Waals surface area contributed by atoms with Crippen molar-refractivity contribution in [2.45, 2.75) is 57.7 Å². The topological polar surface area (TPSA) is 66.4 Å².